The summed E-state index contributed by atoms with van der Waals surface area (Å²) in [5.41, 5.74) is 10.2. The molecule has 23 heavy (non-hydrogen) atoms. The molecule has 1 aromatic carbocycles. The predicted octanol–water partition coefficient (Wildman–Crippen LogP) is 3.01. The number of pyridine rings is 1. The van der Waals surface area contributed by atoms with E-state index in [0.29, 0.717) is 6.54 Å². The Morgan fingerprint density at radius 2 is 1.91 bits per heavy atom. The fraction of sp³-hybridized carbons (Fsp3) is 0.368. The molecule has 0 aliphatic carbocycles. The number of nitrogens with zero attached hydrogens (tertiary/aromatic N) is 2. The predicted molar refractivity (Wildman–Crippen MR) is 94.5 cm³/mol. The number of hydrogen-bond donors (Lipinski definition) is 1. The van der Waals surface area contributed by atoms with Gasteiger partial charge in [-0.15, -0.1) is 0 Å². The second-order valence-corrected chi connectivity index (χ2v) is 5.98. The quantitative estimate of drug-likeness (QED) is 0.892. The number of benzene rings is 1. The first-order valence-electron chi connectivity index (χ1n) is 8.02. The van der Waals surface area contributed by atoms with E-state index in [2.05, 4.69) is 11.1 Å². The molecule has 0 saturated heterocycles. The van der Waals surface area contributed by atoms with Crippen LogP contribution in [0.3, 0.4) is 0 Å². The maximum Gasteiger partial charge on any atom is 0.243 e. The molecule has 0 aliphatic rings. The Bertz CT molecular complexity index is 633. The zero-order valence-electron chi connectivity index (χ0n) is 14.1. The molecule has 1 atom stereocenters. The third kappa shape index (κ3) is 4.39. The third-order valence-electron chi connectivity index (χ3n) is 3.93. The molecule has 1 aromatic heterocycles. The Kier molecular flexibility index (Phi) is 5.88. The smallest absolute Gasteiger partial charge is 0.243 e. The number of rotatable bonds is 6. The molecule has 122 valence electrons. The Labute approximate surface area is 138 Å². The van der Waals surface area contributed by atoms with E-state index in [1.165, 1.54) is 5.56 Å². The molecule has 2 aromatic rings. The second-order valence-electron chi connectivity index (χ2n) is 5.98. The van der Waals surface area contributed by atoms with Gasteiger partial charge in [0.15, 0.2) is 0 Å². The van der Waals surface area contributed by atoms with Crippen molar-refractivity contribution in [2.45, 2.75) is 39.7 Å². The first-order valence-corrected chi connectivity index (χ1v) is 8.02. The van der Waals surface area contributed by atoms with Crippen molar-refractivity contribution in [3.05, 3.63) is 59.4 Å². The number of para-hydroxylation sites is 1. The van der Waals surface area contributed by atoms with Gasteiger partial charge in [0.2, 0.25) is 5.91 Å². The van der Waals surface area contributed by atoms with E-state index in [1.54, 1.807) is 13.1 Å². The van der Waals surface area contributed by atoms with E-state index in [1.807, 2.05) is 49.2 Å². The van der Waals surface area contributed by atoms with Crippen LogP contribution in [0.2, 0.25) is 0 Å². The van der Waals surface area contributed by atoms with E-state index < -0.39 is 6.04 Å². The van der Waals surface area contributed by atoms with E-state index in [9.17, 15) is 4.79 Å². The summed E-state index contributed by atoms with van der Waals surface area (Å²) in [6.45, 7) is 6.46. The fourth-order valence-electron chi connectivity index (χ4n) is 2.80. The van der Waals surface area contributed by atoms with Crippen molar-refractivity contribution in [1.82, 2.24) is 4.98 Å². The molecule has 1 amide bonds. The average Bonchev–Trinajstić information content (AvgIpc) is 2.53. The van der Waals surface area contributed by atoms with Gasteiger partial charge in [-0.2, -0.15) is 0 Å². The van der Waals surface area contributed by atoms with Crippen LogP contribution >= 0.6 is 0 Å². The van der Waals surface area contributed by atoms with Crippen molar-refractivity contribution in [1.29, 1.82) is 0 Å². The number of aromatic nitrogens is 1. The number of amides is 1. The minimum atomic E-state index is -0.507. The van der Waals surface area contributed by atoms with E-state index >= 15 is 0 Å². The van der Waals surface area contributed by atoms with E-state index in [4.69, 9.17) is 5.73 Å². The largest absolute Gasteiger partial charge is 0.320 e. The Balaban J connectivity index is 2.17. The average molecular weight is 311 g/mol. The maximum absolute atomic E-state index is 12.6. The van der Waals surface area contributed by atoms with Crippen LogP contribution in [-0.4, -0.2) is 23.5 Å². The minimum absolute atomic E-state index is 0.0337. The number of anilines is 1. The van der Waals surface area contributed by atoms with Gasteiger partial charge in [-0.05, 0) is 56.4 Å². The lowest BCUT2D eigenvalue weighted by Gasteiger charge is -2.28. The first-order chi connectivity index (χ1) is 11.0. The summed E-state index contributed by atoms with van der Waals surface area (Å²) in [5, 5.41) is 0. The van der Waals surface area contributed by atoms with Crippen LogP contribution in [0.15, 0.2) is 42.7 Å². The lowest BCUT2D eigenvalue weighted by atomic mass is 10.1. The molecule has 1 heterocycles. The van der Waals surface area contributed by atoms with Gasteiger partial charge in [0.05, 0.1) is 6.04 Å². The van der Waals surface area contributed by atoms with Crippen LogP contribution in [0.5, 0.6) is 0 Å². The Hall–Kier alpha value is -2.20. The van der Waals surface area contributed by atoms with Crippen LogP contribution in [0.4, 0.5) is 5.69 Å². The molecule has 0 bridgehead atoms. The normalized spacial score (nSPS) is 12.0. The first kappa shape index (κ1) is 17.2. The number of aryl methyl sites for hydroxylation is 3. The van der Waals surface area contributed by atoms with Gasteiger partial charge < -0.3 is 10.6 Å². The van der Waals surface area contributed by atoms with Gasteiger partial charge in [0.25, 0.3) is 0 Å². The molecule has 0 fully saturated rings. The molecule has 0 saturated carbocycles. The summed E-state index contributed by atoms with van der Waals surface area (Å²) in [6.07, 6.45) is 5.41. The molecular weight excluding hydrogens is 286 g/mol. The second kappa shape index (κ2) is 7.88. The highest BCUT2D eigenvalue weighted by molar-refractivity contribution is 5.98. The van der Waals surface area contributed by atoms with Crippen molar-refractivity contribution in [3.8, 4) is 0 Å². The maximum atomic E-state index is 12.6. The standard InChI is InChI=1S/C19H25N3O/c1-14-7-4-8-15(2)18(14)22(19(23)16(3)20)12-6-10-17-9-5-11-21-13-17/h4-5,7-9,11,13,16H,6,10,12,20H2,1-3H3/t16-/m0/s1. The third-order valence-corrected chi connectivity index (χ3v) is 3.93. The molecule has 4 nitrogen and oxygen atoms in total. The van der Waals surface area contributed by atoms with Crippen LogP contribution in [0.25, 0.3) is 0 Å². The molecular formula is C19H25N3O. The monoisotopic (exact) mass is 311 g/mol. The summed E-state index contributed by atoms with van der Waals surface area (Å²) in [4.78, 5) is 18.5. The van der Waals surface area contributed by atoms with E-state index in [0.717, 1.165) is 29.7 Å². The number of carbonyl (C=O) groups is 1. The van der Waals surface area contributed by atoms with Crippen LogP contribution in [0, 0.1) is 13.8 Å². The Morgan fingerprint density at radius 3 is 2.48 bits per heavy atom. The lowest BCUT2D eigenvalue weighted by Crippen LogP contribution is -2.43. The molecule has 0 spiro atoms. The molecule has 2 N–H and O–H groups in total. The number of nitrogens with two attached hydrogens (primary N) is 1. The van der Waals surface area contributed by atoms with Crippen molar-refractivity contribution >= 4 is 11.6 Å². The molecule has 2 rings (SSSR count). The van der Waals surface area contributed by atoms with Gasteiger partial charge >= 0.3 is 0 Å². The van der Waals surface area contributed by atoms with Crippen LogP contribution in [-0.2, 0) is 11.2 Å². The van der Waals surface area contributed by atoms with Crippen molar-refractivity contribution in [2.75, 3.05) is 11.4 Å². The molecule has 0 aliphatic heterocycles. The van der Waals surface area contributed by atoms with Crippen LogP contribution < -0.4 is 10.6 Å². The highest BCUT2D eigenvalue weighted by Crippen LogP contribution is 2.25. The molecule has 0 unspecified atom stereocenters. The zero-order chi connectivity index (χ0) is 16.8. The van der Waals surface area contributed by atoms with Crippen molar-refractivity contribution in [2.24, 2.45) is 5.73 Å². The summed E-state index contributed by atoms with van der Waals surface area (Å²) in [7, 11) is 0. The Morgan fingerprint density at radius 1 is 1.22 bits per heavy atom. The van der Waals surface area contributed by atoms with Crippen molar-refractivity contribution < 1.29 is 4.79 Å². The van der Waals surface area contributed by atoms with Gasteiger partial charge in [0.1, 0.15) is 0 Å². The fourth-order valence-corrected chi connectivity index (χ4v) is 2.80. The lowest BCUT2D eigenvalue weighted by molar-refractivity contribution is -0.119. The minimum Gasteiger partial charge on any atom is -0.320 e. The highest BCUT2D eigenvalue weighted by Gasteiger charge is 2.21. The van der Waals surface area contributed by atoms with Gasteiger partial charge in [-0.1, -0.05) is 24.3 Å². The van der Waals surface area contributed by atoms with Crippen LogP contribution in [0.1, 0.15) is 30.0 Å². The summed E-state index contributed by atoms with van der Waals surface area (Å²) in [6, 6.07) is 9.57. The number of carbonyl (C=O) groups excluding carboxylic acids is 1. The molecule has 4 heteroatoms. The summed E-state index contributed by atoms with van der Waals surface area (Å²) >= 11 is 0. The SMILES string of the molecule is Cc1cccc(C)c1N(CCCc1cccnc1)C(=O)[C@H](C)N. The van der Waals surface area contributed by atoms with Gasteiger partial charge in [0, 0.05) is 24.6 Å². The van der Waals surface area contributed by atoms with Crippen molar-refractivity contribution in [3.63, 3.8) is 0 Å². The van der Waals surface area contributed by atoms with Gasteiger partial charge in [-0.25, -0.2) is 0 Å². The summed E-state index contributed by atoms with van der Waals surface area (Å²) < 4.78 is 0. The number of hydrogen-bond acceptors (Lipinski definition) is 3. The van der Waals surface area contributed by atoms with Gasteiger partial charge in [-0.3, -0.25) is 9.78 Å². The summed E-state index contributed by atoms with van der Waals surface area (Å²) in [5.74, 6) is -0.0337. The van der Waals surface area contributed by atoms with E-state index in [-0.39, 0.29) is 5.91 Å². The topological polar surface area (TPSA) is 59.2 Å². The highest BCUT2D eigenvalue weighted by atomic mass is 16.2. The molecule has 0 radical (unpaired) electrons. The zero-order valence-corrected chi connectivity index (χ0v) is 14.1.